The molecule has 0 saturated carbocycles. The van der Waals surface area contributed by atoms with Gasteiger partial charge in [0.25, 0.3) is 5.91 Å². The first kappa shape index (κ1) is 26.9. The maximum Gasteiger partial charge on any atom is 0.414 e. The quantitative estimate of drug-likeness (QED) is 0.510. The lowest BCUT2D eigenvalue weighted by molar-refractivity contribution is -0.159. The number of carbonyl (C=O) groups excluding carboxylic acids is 1. The molecule has 1 heterocycles. The van der Waals surface area contributed by atoms with E-state index in [0.29, 0.717) is 18.8 Å². The summed E-state index contributed by atoms with van der Waals surface area (Å²) in [5, 5.41) is 14.8. The van der Waals surface area contributed by atoms with E-state index in [2.05, 4.69) is 20.8 Å². The topological polar surface area (TPSA) is 126 Å². The van der Waals surface area contributed by atoms with Crippen LogP contribution < -0.4 is 14.2 Å². The van der Waals surface area contributed by atoms with E-state index in [4.69, 9.17) is 34.0 Å². The maximum atomic E-state index is 12.4. The van der Waals surface area contributed by atoms with Crippen LogP contribution in [0.25, 0.3) is 0 Å². The SMILES string of the molecule is COc1ccc(OC)c(CN2CCN(C(=O)COc3ccc(Br)cc3)CC2)c1.O=C(O)C(=O)O. The van der Waals surface area contributed by atoms with Crippen molar-refractivity contribution >= 4 is 33.8 Å². The third-order valence-electron chi connectivity index (χ3n) is 4.97. The number of halogens is 1. The number of hydrogen-bond acceptors (Lipinski definition) is 7. The molecule has 11 heteroatoms. The van der Waals surface area contributed by atoms with E-state index in [1.165, 1.54) is 0 Å². The number of carboxylic acids is 2. The summed E-state index contributed by atoms with van der Waals surface area (Å²) in [4.78, 5) is 34.8. The van der Waals surface area contributed by atoms with Gasteiger partial charge >= 0.3 is 11.9 Å². The van der Waals surface area contributed by atoms with E-state index >= 15 is 0 Å². The molecule has 2 N–H and O–H groups in total. The number of methoxy groups -OCH3 is 2. The molecule has 3 rings (SSSR count). The third-order valence-corrected chi connectivity index (χ3v) is 5.49. The zero-order valence-corrected chi connectivity index (χ0v) is 20.5. The van der Waals surface area contributed by atoms with Gasteiger partial charge in [0.15, 0.2) is 6.61 Å². The van der Waals surface area contributed by atoms with Gasteiger partial charge in [-0.2, -0.15) is 0 Å². The smallest absolute Gasteiger partial charge is 0.414 e. The number of carbonyl (C=O) groups is 3. The Morgan fingerprint density at radius 3 is 2.00 bits per heavy atom. The summed E-state index contributed by atoms with van der Waals surface area (Å²) in [7, 11) is 3.33. The van der Waals surface area contributed by atoms with Gasteiger partial charge in [-0.3, -0.25) is 9.69 Å². The second kappa shape index (κ2) is 13.4. The Hall–Kier alpha value is -3.31. The van der Waals surface area contributed by atoms with Crippen molar-refractivity contribution in [3.8, 4) is 17.2 Å². The van der Waals surface area contributed by atoms with Crippen molar-refractivity contribution in [1.82, 2.24) is 9.80 Å². The highest BCUT2D eigenvalue weighted by Gasteiger charge is 2.22. The number of nitrogens with zero attached hydrogens (tertiary/aromatic N) is 2. The molecule has 0 radical (unpaired) electrons. The van der Waals surface area contributed by atoms with Gasteiger partial charge in [0, 0.05) is 42.8 Å². The zero-order valence-electron chi connectivity index (χ0n) is 18.9. The summed E-state index contributed by atoms with van der Waals surface area (Å²) in [5.41, 5.74) is 1.08. The summed E-state index contributed by atoms with van der Waals surface area (Å²) in [6.45, 7) is 3.82. The molecule has 0 spiro atoms. The van der Waals surface area contributed by atoms with Crippen molar-refractivity contribution in [1.29, 1.82) is 0 Å². The highest BCUT2D eigenvalue weighted by atomic mass is 79.9. The summed E-state index contributed by atoms with van der Waals surface area (Å²) in [5.74, 6) is -1.27. The van der Waals surface area contributed by atoms with Crippen LogP contribution >= 0.6 is 15.9 Å². The summed E-state index contributed by atoms with van der Waals surface area (Å²) in [6.07, 6.45) is 0. The molecule has 1 saturated heterocycles. The molecule has 34 heavy (non-hydrogen) atoms. The van der Waals surface area contributed by atoms with Gasteiger partial charge in [0.2, 0.25) is 0 Å². The Morgan fingerprint density at radius 1 is 0.882 bits per heavy atom. The van der Waals surface area contributed by atoms with Crippen LogP contribution in [0.2, 0.25) is 0 Å². The second-order valence-corrected chi connectivity index (χ2v) is 8.10. The van der Waals surface area contributed by atoms with Crippen LogP contribution in [0, 0.1) is 0 Å². The number of aliphatic carboxylic acids is 2. The molecule has 1 aliphatic heterocycles. The normalized spacial score (nSPS) is 13.3. The predicted octanol–water partition coefficient (Wildman–Crippen LogP) is 2.35. The van der Waals surface area contributed by atoms with Crippen molar-refractivity contribution < 1.29 is 38.8 Å². The molecule has 10 nitrogen and oxygen atoms in total. The van der Waals surface area contributed by atoms with Gasteiger partial charge in [0.1, 0.15) is 17.2 Å². The molecule has 1 fully saturated rings. The van der Waals surface area contributed by atoms with Crippen LogP contribution in [0.5, 0.6) is 17.2 Å². The number of benzene rings is 2. The number of carboxylic acid groups (broad SMARTS) is 2. The van der Waals surface area contributed by atoms with Crippen LogP contribution in [0.4, 0.5) is 0 Å². The van der Waals surface area contributed by atoms with E-state index in [1.54, 1.807) is 14.2 Å². The first-order valence-corrected chi connectivity index (χ1v) is 11.1. The Labute approximate surface area is 205 Å². The molecule has 1 amide bonds. The van der Waals surface area contributed by atoms with Gasteiger partial charge in [0.05, 0.1) is 14.2 Å². The summed E-state index contributed by atoms with van der Waals surface area (Å²) >= 11 is 3.38. The van der Waals surface area contributed by atoms with Crippen molar-refractivity contribution in [2.75, 3.05) is 47.0 Å². The van der Waals surface area contributed by atoms with E-state index in [-0.39, 0.29) is 12.5 Å². The van der Waals surface area contributed by atoms with E-state index in [9.17, 15) is 4.79 Å². The van der Waals surface area contributed by atoms with Gasteiger partial charge in [-0.05, 0) is 42.5 Å². The standard InChI is InChI=1S/C21H25BrN2O4.C2H2O4/c1-26-19-7-8-20(27-2)16(13-19)14-23-9-11-24(12-10-23)21(25)15-28-18-5-3-17(22)4-6-18;3-1(4)2(5)6/h3-8,13H,9-12,14-15H2,1-2H3;(H,3,4)(H,5,6). The Kier molecular flexibility index (Phi) is 10.6. The minimum absolute atomic E-state index is 0.0153. The number of piperazine rings is 1. The van der Waals surface area contributed by atoms with Gasteiger partial charge in [-0.25, -0.2) is 9.59 Å². The minimum Gasteiger partial charge on any atom is -0.497 e. The lowest BCUT2D eigenvalue weighted by Gasteiger charge is -2.35. The fourth-order valence-corrected chi connectivity index (χ4v) is 3.43. The lowest BCUT2D eigenvalue weighted by Crippen LogP contribution is -2.49. The molecule has 0 atom stereocenters. The van der Waals surface area contributed by atoms with Crippen LogP contribution in [0.3, 0.4) is 0 Å². The maximum absolute atomic E-state index is 12.4. The molecular weight excluding hydrogens is 512 g/mol. The first-order valence-electron chi connectivity index (χ1n) is 10.3. The van der Waals surface area contributed by atoms with E-state index < -0.39 is 11.9 Å². The van der Waals surface area contributed by atoms with E-state index in [0.717, 1.165) is 41.2 Å². The molecule has 0 unspecified atom stereocenters. The molecule has 0 bridgehead atoms. The van der Waals surface area contributed by atoms with Gasteiger partial charge < -0.3 is 29.3 Å². The van der Waals surface area contributed by atoms with Crippen molar-refractivity contribution in [3.63, 3.8) is 0 Å². The number of amides is 1. The molecule has 0 aromatic heterocycles. The Morgan fingerprint density at radius 2 is 1.47 bits per heavy atom. The molecule has 1 aliphatic rings. The fraction of sp³-hybridized carbons (Fsp3) is 0.348. The molecule has 2 aromatic rings. The van der Waals surface area contributed by atoms with Crippen molar-refractivity contribution in [3.05, 3.63) is 52.5 Å². The molecule has 184 valence electrons. The Bertz CT molecular complexity index is 963. The predicted molar refractivity (Wildman–Crippen MR) is 126 cm³/mol. The highest BCUT2D eigenvalue weighted by molar-refractivity contribution is 9.10. The number of ether oxygens (including phenoxy) is 3. The van der Waals surface area contributed by atoms with Gasteiger partial charge in [-0.1, -0.05) is 15.9 Å². The fourth-order valence-electron chi connectivity index (χ4n) is 3.17. The summed E-state index contributed by atoms with van der Waals surface area (Å²) in [6, 6.07) is 13.3. The van der Waals surface area contributed by atoms with Crippen LogP contribution in [0.1, 0.15) is 5.56 Å². The van der Waals surface area contributed by atoms with Crippen molar-refractivity contribution in [2.24, 2.45) is 0 Å². The minimum atomic E-state index is -1.82. The second-order valence-electron chi connectivity index (χ2n) is 7.19. The third kappa shape index (κ3) is 8.56. The van der Waals surface area contributed by atoms with Crippen LogP contribution in [-0.2, 0) is 20.9 Å². The Balaban J connectivity index is 0.000000604. The highest BCUT2D eigenvalue weighted by Crippen LogP contribution is 2.25. The monoisotopic (exact) mass is 538 g/mol. The van der Waals surface area contributed by atoms with Crippen LogP contribution in [-0.4, -0.2) is 84.9 Å². The average Bonchev–Trinajstić information content (AvgIpc) is 2.84. The lowest BCUT2D eigenvalue weighted by atomic mass is 10.1. The van der Waals surface area contributed by atoms with Gasteiger partial charge in [-0.15, -0.1) is 0 Å². The molecular formula is C23H27BrN2O8. The number of hydrogen-bond donors (Lipinski definition) is 2. The zero-order chi connectivity index (χ0) is 25.1. The molecule has 0 aliphatic carbocycles. The largest absolute Gasteiger partial charge is 0.497 e. The van der Waals surface area contributed by atoms with Crippen LogP contribution in [0.15, 0.2) is 46.9 Å². The molecule has 2 aromatic carbocycles. The number of rotatable bonds is 7. The first-order chi connectivity index (χ1) is 16.2. The van der Waals surface area contributed by atoms with Crippen molar-refractivity contribution in [2.45, 2.75) is 6.54 Å². The van der Waals surface area contributed by atoms with E-state index in [1.807, 2.05) is 47.4 Å². The average molecular weight is 539 g/mol. The summed E-state index contributed by atoms with van der Waals surface area (Å²) < 4.78 is 17.4.